The first kappa shape index (κ1) is 22.7. The number of carbonyl (C=O) groups excluding carboxylic acids is 1. The summed E-state index contributed by atoms with van der Waals surface area (Å²) in [7, 11) is 0. The average molecular weight is 454 g/mol. The number of benzene rings is 3. The molecule has 0 aliphatic carbocycles. The summed E-state index contributed by atoms with van der Waals surface area (Å²) in [6.45, 7) is 1.72. The number of carboxylic acids is 1. The highest BCUT2D eigenvalue weighted by Gasteiger charge is 2.39. The Morgan fingerprint density at radius 3 is 2.12 bits per heavy atom. The number of aliphatic hydroxyl groups is 1. The summed E-state index contributed by atoms with van der Waals surface area (Å²) >= 11 is 0. The summed E-state index contributed by atoms with van der Waals surface area (Å²) in [5, 5.41) is 24.7. The van der Waals surface area contributed by atoms with Crippen LogP contribution in [-0.2, 0) is 10.4 Å². The third-order valence-corrected chi connectivity index (χ3v) is 5.45. The molecule has 1 heterocycles. The Morgan fingerprint density at radius 1 is 0.912 bits per heavy atom. The molecule has 170 valence electrons. The summed E-state index contributed by atoms with van der Waals surface area (Å²) in [6.07, 6.45) is 1.31. The van der Waals surface area contributed by atoms with Crippen molar-refractivity contribution in [2.75, 3.05) is 0 Å². The van der Waals surface area contributed by atoms with E-state index in [1.165, 1.54) is 6.21 Å². The van der Waals surface area contributed by atoms with Crippen molar-refractivity contribution in [3.05, 3.63) is 119 Å². The predicted octanol–water partition coefficient (Wildman–Crippen LogP) is 4.34. The SMILES string of the molecule is Cc1ccc(-c2ccc(/C=N\NC(=O)C(O)(c3ccccc3)c3ccccc3)o2)cc1C(=O)O. The minimum atomic E-state index is -1.94. The maximum absolute atomic E-state index is 13.1. The van der Waals surface area contributed by atoms with Gasteiger partial charge in [-0.2, -0.15) is 5.10 Å². The van der Waals surface area contributed by atoms with Crippen LogP contribution in [0.2, 0.25) is 0 Å². The van der Waals surface area contributed by atoms with Crippen molar-refractivity contribution < 1.29 is 24.2 Å². The number of aryl methyl sites for hydroxylation is 1. The Labute approximate surface area is 196 Å². The van der Waals surface area contributed by atoms with E-state index in [0.29, 0.717) is 33.8 Å². The number of rotatable bonds is 7. The van der Waals surface area contributed by atoms with Crippen LogP contribution in [0.5, 0.6) is 0 Å². The van der Waals surface area contributed by atoms with Gasteiger partial charge in [0.25, 0.3) is 5.91 Å². The maximum atomic E-state index is 13.1. The molecule has 0 unspecified atom stereocenters. The molecule has 0 saturated carbocycles. The van der Waals surface area contributed by atoms with Crippen molar-refractivity contribution in [2.24, 2.45) is 5.10 Å². The molecular weight excluding hydrogens is 432 g/mol. The van der Waals surface area contributed by atoms with Crippen molar-refractivity contribution in [1.29, 1.82) is 0 Å². The lowest BCUT2D eigenvalue weighted by atomic mass is 9.85. The second-order valence-electron chi connectivity index (χ2n) is 7.68. The molecule has 0 spiro atoms. The lowest BCUT2D eigenvalue weighted by Crippen LogP contribution is -2.43. The number of hydrogen-bond acceptors (Lipinski definition) is 5. The molecule has 0 fully saturated rings. The topological polar surface area (TPSA) is 112 Å². The largest absolute Gasteiger partial charge is 0.478 e. The normalized spacial score (nSPS) is 11.5. The minimum absolute atomic E-state index is 0.192. The molecule has 0 saturated heterocycles. The van der Waals surface area contributed by atoms with E-state index in [1.54, 1.807) is 97.9 Å². The molecule has 7 heteroatoms. The fourth-order valence-electron chi connectivity index (χ4n) is 3.61. The standard InChI is InChI=1S/C27H22N2O5/c1-18-12-13-19(16-23(18)25(30)31)24-15-14-22(34-24)17-28-29-26(32)27(33,20-8-4-2-5-9-20)21-10-6-3-7-11-21/h2-17,33H,1H3,(H,29,32)(H,30,31)/b28-17-. The molecule has 0 aliphatic rings. The highest BCUT2D eigenvalue weighted by Crippen LogP contribution is 2.30. The smallest absolute Gasteiger partial charge is 0.335 e. The van der Waals surface area contributed by atoms with Gasteiger partial charge in [0.1, 0.15) is 11.5 Å². The van der Waals surface area contributed by atoms with Gasteiger partial charge in [0.2, 0.25) is 0 Å². The number of nitrogens with zero attached hydrogens (tertiary/aromatic N) is 1. The average Bonchev–Trinajstić information content (AvgIpc) is 3.33. The van der Waals surface area contributed by atoms with Gasteiger partial charge in [-0.3, -0.25) is 4.79 Å². The molecule has 1 amide bonds. The number of amides is 1. The Bertz CT molecular complexity index is 1300. The van der Waals surface area contributed by atoms with E-state index in [2.05, 4.69) is 10.5 Å². The van der Waals surface area contributed by atoms with Crippen molar-refractivity contribution in [3.8, 4) is 11.3 Å². The van der Waals surface area contributed by atoms with Crippen molar-refractivity contribution in [3.63, 3.8) is 0 Å². The first-order valence-corrected chi connectivity index (χ1v) is 10.5. The van der Waals surface area contributed by atoms with E-state index in [4.69, 9.17) is 4.42 Å². The molecule has 34 heavy (non-hydrogen) atoms. The zero-order valence-electron chi connectivity index (χ0n) is 18.3. The third-order valence-electron chi connectivity index (χ3n) is 5.45. The number of carboxylic acid groups (broad SMARTS) is 1. The van der Waals surface area contributed by atoms with Crippen molar-refractivity contribution in [2.45, 2.75) is 12.5 Å². The third kappa shape index (κ3) is 4.51. The number of carbonyl (C=O) groups is 2. The number of furan rings is 1. The van der Waals surface area contributed by atoms with Gasteiger partial charge in [-0.1, -0.05) is 72.8 Å². The Morgan fingerprint density at radius 2 is 1.53 bits per heavy atom. The van der Waals surface area contributed by atoms with E-state index in [-0.39, 0.29) is 5.56 Å². The Hall–Kier alpha value is -4.49. The van der Waals surface area contributed by atoms with E-state index in [1.807, 2.05) is 0 Å². The van der Waals surface area contributed by atoms with Crippen LogP contribution in [0.4, 0.5) is 0 Å². The fraction of sp³-hybridized carbons (Fsp3) is 0.0741. The van der Waals surface area contributed by atoms with Crippen LogP contribution in [0.1, 0.15) is 32.8 Å². The van der Waals surface area contributed by atoms with Gasteiger partial charge >= 0.3 is 5.97 Å². The molecular formula is C27H22N2O5. The summed E-state index contributed by atoms with van der Waals surface area (Å²) in [6, 6.07) is 25.6. The van der Waals surface area contributed by atoms with Crippen LogP contribution in [0.3, 0.4) is 0 Å². The van der Waals surface area contributed by atoms with Crippen LogP contribution in [0.15, 0.2) is 101 Å². The van der Waals surface area contributed by atoms with Gasteiger partial charge < -0.3 is 14.6 Å². The van der Waals surface area contributed by atoms with E-state index < -0.39 is 17.5 Å². The number of hydrazone groups is 1. The second kappa shape index (κ2) is 9.56. The predicted molar refractivity (Wildman–Crippen MR) is 127 cm³/mol. The van der Waals surface area contributed by atoms with E-state index in [0.717, 1.165) is 0 Å². The molecule has 3 N–H and O–H groups in total. The van der Waals surface area contributed by atoms with Crippen molar-refractivity contribution in [1.82, 2.24) is 5.43 Å². The zero-order chi connectivity index (χ0) is 24.1. The lowest BCUT2D eigenvalue weighted by molar-refractivity contribution is -0.136. The first-order chi connectivity index (χ1) is 16.4. The molecule has 4 rings (SSSR count). The molecule has 3 aromatic carbocycles. The van der Waals surface area contributed by atoms with Gasteiger partial charge in [0, 0.05) is 5.56 Å². The van der Waals surface area contributed by atoms with E-state index in [9.17, 15) is 19.8 Å². The maximum Gasteiger partial charge on any atom is 0.335 e. The monoisotopic (exact) mass is 454 g/mol. The molecule has 0 atom stereocenters. The Kier molecular flexibility index (Phi) is 6.38. The van der Waals surface area contributed by atoms with Crippen molar-refractivity contribution >= 4 is 18.1 Å². The molecule has 7 nitrogen and oxygen atoms in total. The highest BCUT2D eigenvalue weighted by molar-refractivity contribution is 5.92. The van der Waals surface area contributed by atoms with Crippen LogP contribution < -0.4 is 5.43 Å². The van der Waals surface area contributed by atoms with Gasteiger partial charge in [0.15, 0.2) is 5.60 Å². The summed E-state index contributed by atoms with van der Waals surface area (Å²) < 4.78 is 5.72. The van der Waals surface area contributed by atoms with Gasteiger partial charge in [0.05, 0.1) is 11.8 Å². The number of hydrogen-bond donors (Lipinski definition) is 3. The van der Waals surface area contributed by atoms with Gasteiger partial charge in [-0.05, 0) is 41.8 Å². The van der Waals surface area contributed by atoms with Crippen LogP contribution in [-0.4, -0.2) is 28.3 Å². The Balaban J connectivity index is 1.54. The summed E-state index contributed by atoms with van der Waals surface area (Å²) in [4.78, 5) is 24.4. The second-order valence-corrected chi connectivity index (χ2v) is 7.68. The molecule has 1 aromatic heterocycles. The van der Waals surface area contributed by atoms with Crippen LogP contribution in [0.25, 0.3) is 11.3 Å². The molecule has 4 aromatic rings. The van der Waals surface area contributed by atoms with Crippen LogP contribution in [0, 0.1) is 6.92 Å². The highest BCUT2D eigenvalue weighted by atomic mass is 16.4. The summed E-state index contributed by atoms with van der Waals surface area (Å²) in [5.74, 6) is -0.937. The molecule has 0 aliphatic heterocycles. The zero-order valence-corrected chi connectivity index (χ0v) is 18.3. The van der Waals surface area contributed by atoms with Gasteiger partial charge in [-0.15, -0.1) is 0 Å². The minimum Gasteiger partial charge on any atom is -0.478 e. The van der Waals surface area contributed by atoms with Crippen LogP contribution >= 0.6 is 0 Å². The van der Waals surface area contributed by atoms with E-state index >= 15 is 0 Å². The molecule has 0 bridgehead atoms. The van der Waals surface area contributed by atoms with Gasteiger partial charge in [-0.25, -0.2) is 10.2 Å². The molecule has 0 radical (unpaired) electrons. The number of nitrogens with one attached hydrogen (secondary N) is 1. The lowest BCUT2D eigenvalue weighted by Gasteiger charge is -2.26. The first-order valence-electron chi connectivity index (χ1n) is 10.5. The number of aromatic carboxylic acids is 1. The summed E-state index contributed by atoms with van der Waals surface area (Å²) in [5.41, 5.74) is 2.71. The fourth-order valence-corrected chi connectivity index (χ4v) is 3.61. The quantitative estimate of drug-likeness (QED) is 0.284.